The van der Waals surface area contributed by atoms with Crippen LogP contribution in [0, 0.1) is 21.6 Å². The Morgan fingerprint density at radius 3 is 1.59 bits per heavy atom. The first-order chi connectivity index (χ1) is 8.30. The van der Waals surface area contributed by atoms with E-state index in [0.29, 0.717) is 0 Å². The Morgan fingerprint density at radius 1 is 1.00 bits per heavy atom. The maximum absolute atomic E-state index is 10.1. The van der Waals surface area contributed by atoms with E-state index in [1.165, 1.54) is 12.3 Å². The van der Waals surface area contributed by atoms with E-state index in [1.54, 1.807) is 12.1 Å². The van der Waals surface area contributed by atoms with Crippen LogP contribution in [0.4, 0.5) is 0 Å². The van der Waals surface area contributed by atoms with Crippen molar-refractivity contribution in [3.8, 4) is 0 Å². The zero-order valence-electron chi connectivity index (χ0n) is 9.44. The molecule has 0 amide bonds. The Morgan fingerprint density at radius 2 is 1.41 bits per heavy atom. The molecule has 0 aliphatic heterocycles. The van der Waals surface area contributed by atoms with E-state index in [-0.39, 0.29) is 5.69 Å². The molecule has 94 valence electrons. The summed E-state index contributed by atoms with van der Waals surface area (Å²) in [5.74, 6) is -0.990. The number of aromatic carboxylic acids is 1. The van der Waals surface area contributed by atoms with Gasteiger partial charge in [-0.15, -0.1) is 0 Å². The molecule has 7 heteroatoms. The molecule has 0 atom stereocenters. The molecular weight excluding hydrogens is 222 g/mol. The first kappa shape index (κ1) is 23.8. The maximum atomic E-state index is 10.1. The summed E-state index contributed by atoms with van der Waals surface area (Å²) in [4.78, 5) is 13.7. The molecule has 1 heterocycles. The van der Waals surface area contributed by atoms with E-state index in [1.807, 2.05) is 0 Å². The lowest BCUT2D eigenvalue weighted by Crippen LogP contribution is -1.97. The summed E-state index contributed by atoms with van der Waals surface area (Å²) < 4.78 is 0. The molecule has 17 heavy (non-hydrogen) atoms. The standard InChI is InChI=1S/C6H5NO2.4CH3N/c8-6(9)5-3-1-2-4-7-5;4*1-2/h1-4H,(H,8,9);4*2H,1H2. The third-order valence-corrected chi connectivity index (χ3v) is 0.884. The van der Waals surface area contributed by atoms with Crippen molar-refractivity contribution in [1.82, 2.24) is 4.98 Å². The van der Waals surface area contributed by atoms with E-state index in [4.69, 9.17) is 26.7 Å². The molecule has 0 radical (unpaired) electrons. The third kappa shape index (κ3) is 19.6. The summed E-state index contributed by atoms with van der Waals surface area (Å²) in [5, 5.41) is 30.3. The maximum Gasteiger partial charge on any atom is 0.354 e. The van der Waals surface area contributed by atoms with Crippen LogP contribution in [0.5, 0.6) is 0 Å². The summed E-state index contributed by atoms with van der Waals surface area (Å²) >= 11 is 0. The average molecular weight is 239 g/mol. The number of nitrogens with zero attached hydrogens (tertiary/aromatic N) is 1. The monoisotopic (exact) mass is 239 g/mol. The van der Waals surface area contributed by atoms with Gasteiger partial charge in [0.25, 0.3) is 0 Å². The topological polar surface area (TPSA) is 146 Å². The van der Waals surface area contributed by atoms with Gasteiger partial charge in [0.15, 0.2) is 0 Å². The fourth-order valence-electron chi connectivity index (χ4n) is 0.489. The van der Waals surface area contributed by atoms with Crippen LogP contribution in [0.2, 0.25) is 0 Å². The van der Waals surface area contributed by atoms with Gasteiger partial charge >= 0.3 is 5.97 Å². The molecule has 7 nitrogen and oxygen atoms in total. The third-order valence-electron chi connectivity index (χ3n) is 0.884. The van der Waals surface area contributed by atoms with Crippen molar-refractivity contribution in [3.05, 3.63) is 30.1 Å². The summed E-state index contributed by atoms with van der Waals surface area (Å²) in [6, 6.07) is 4.76. The van der Waals surface area contributed by atoms with Gasteiger partial charge in [-0.25, -0.2) is 9.78 Å². The Hall–Kier alpha value is -2.70. The van der Waals surface area contributed by atoms with Crippen molar-refractivity contribution < 1.29 is 9.90 Å². The highest BCUT2D eigenvalue weighted by molar-refractivity contribution is 5.85. The highest BCUT2D eigenvalue weighted by atomic mass is 16.4. The number of carboxylic acid groups (broad SMARTS) is 1. The highest BCUT2D eigenvalue weighted by Gasteiger charge is 1.98. The number of carbonyl (C=O) groups is 1. The van der Waals surface area contributed by atoms with E-state index in [0.717, 1.165) is 0 Å². The van der Waals surface area contributed by atoms with E-state index in [9.17, 15) is 4.79 Å². The van der Waals surface area contributed by atoms with Gasteiger partial charge in [0.05, 0.1) is 0 Å². The summed E-state index contributed by atoms with van der Waals surface area (Å²) in [6.07, 6.45) is 1.45. The van der Waals surface area contributed by atoms with Gasteiger partial charge in [-0.05, 0) is 39.0 Å². The van der Waals surface area contributed by atoms with Crippen LogP contribution in [0.1, 0.15) is 10.5 Å². The number of hydrogen-bond donors (Lipinski definition) is 5. The van der Waals surface area contributed by atoms with Crippen LogP contribution in [0.3, 0.4) is 0 Å². The molecule has 0 saturated heterocycles. The highest BCUT2D eigenvalue weighted by Crippen LogP contribution is 1.90. The van der Waals surface area contributed by atoms with Crippen LogP contribution >= 0.6 is 0 Å². The number of nitrogens with one attached hydrogen (secondary N) is 4. The Bertz CT molecular complexity index is 261. The van der Waals surface area contributed by atoms with Gasteiger partial charge in [0.1, 0.15) is 5.69 Å². The van der Waals surface area contributed by atoms with Crippen LogP contribution in [0.25, 0.3) is 0 Å². The lowest BCUT2D eigenvalue weighted by atomic mass is 10.4. The number of carboxylic acids is 1. The van der Waals surface area contributed by atoms with Crippen molar-refractivity contribution >= 4 is 32.8 Å². The Balaban J connectivity index is -0.0000000905. The van der Waals surface area contributed by atoms with Crippen LogP contribution in [-0.2, 0) is 0 Å². The Labute approximate surface area is 100 Å². The van der Waals surface area contributed by atoms with Crippen molar-refractivity contribution in [2.75, 3.05) is 0 Å². The molecular formula is C10H17N5O2. The van der Waals surface area contributed by atoms with Crippen LogP contribution in [-0.4, -0.2) is 42.9 Å². The minimum absolute atomic E-state index is 0.0810. The van der Waals surface area contributed by atoms with Gasteiger partial charge in [-0.2, -0.15) is 0 Å². The summed E-state index contributed by atoms with van der Waals surface area (Å²) in [6.45, 7) is 10.0. The number of aromatic nitrogens is 1. The molecule has 0 aliphatic rings. The quantitative estimate of drug-likeness (QED) is 0.476. The first-order valence-electron chi connectivity index (χ1n) is 3.86. The van der Waals surface area contributed by atoms with Gasteiger partial charge in [0, 0.05) is 6.20 Å². The minimum atomic E-state index is -0.990. The molecule has 1 aromatic rings. The van der Waals surface area contributed by atoms with Crippen molar-refractivity contribution in [2.45, 2.75) is 0 Å². The van der Waals surface area contributed by atoms with Gasteiger partial charge in [0.2, 0.25) is 0 Å². The fourth-order valence-corrected chi connectivity index (χ4v) is 0.489. The van der Waals surface area contributed by atoms with Crippen LogP contribution in [0.15, 0.2) is 24.4 Å². The number of hydrogen-bond acceptors (Lipinski definition) is 6. The lowest BCUT2D eigenvalue weighted by molar-refractivity contribution is 0.0690. The normalized spacial score (nSPS) is 5.65. The summed E-state index contributed by atoms with van der Waals surface area (Å²) in [5.41, 5.74) is 0.0810. The predicted octanol–water partition coefficient (Wildman–Crippen LogP) is 1.84. The predicted molar refractivity (Wildman–Crippen MR) is 70.6 cm³/mol. The fraction of sp³-hybridized carbons (Fsp3) is 0. The van der Waals surface area contributed by atoms with Gasteiger partial charge in [-0.3, -0.25) is 0 Å². The molecule has 5 N–H and O–H groups in total. The molecule has 0 fully saturated rings. The van der Waals surface area contributed by atoms with E-state index < -0.39 is 5.97 Å². The Kier molecular flexibility index (Phi) is 41.0. The number of rotatable bonds is 1. The van der Waals surface area contributed by atoms with Crippen molar-refractivity contribution in [3.63, 3.8) is 0 Å². The molecule has 0 saturated carbocycles. The number of pyridine rings is 1. The SMILES string of the molecule is C=N.C=N.C=N.C=N.O=C(O)c1ccccn1. The zero-order chi connectivity index (χ0) is 14.7. The molecule has 1 aromatic heterocycles. The minimum Gasteiger partial charge on any atom is -0.477 e. The van der Waals surface area contributed by atoms with Crippen molar-refractivity contribution in [2.24, 2.45) is 0 Å². The molecule has 0 unspecified atom stereocenters. The lowest BCUT2D eigenvalue weighted by Gasteiger charge is -1.87. The second-order valence-corrected chi connectivity index (χ2v) is 1.52. The van der Waals surface area contributed by atoms with Crippen molar-refractivity contribution in [1.29, 1.82) is 21.6 Å². The molecule has 0 aromatic carbocycles. The van der Waals surface area contributed by atoms with E-state index in [2.05, 4.69) is 31.9 Å². The second kappa shape index (κ2) is 29.2. The molecule has 1 rings (SSSR count). The van der Waals surface area contributed by atoms with Crippen LogP contribution < -0.4 is 0 Å². The smallest absolute Gasteiger partial charge is 0.354 e. The summed E-state index contributed by atoms with van der Waals surface area (Å²) in [7, 11) is 0. The first-order valence-corrected chi connectivity index (χ1v) is 3.86. The van der Waals surface area contributed by atoms with Gasteiger partial charge in [-0.1, -0.05) is 6.07 Å². The van der Waals surface area contributed by atoms with E-state index >= 15 is 0 Å². The zero-order valence-corrected chi connectivity index (χ0v) is 9.44. The van der Waals surface area contributed by atoms with Gasteiger partial charge < -0.3 is 26.7 Å². The second-order valence-electron chi connectivity index (χ2n) is 1.52. The molecule has 0 bridgehead atoms. The average Bonchev–Trinajstić information content (AvgIpc) is 2.48. The molecule has 0 spiro atoms. The largest absolute Gasteiger partial charge is 0.477 e. The molecule has 0 aliphatic carbocycles.